The summed E-state index contributed by atoms with van der Waals surface area (Å²) in [6, 6.07) is 5.73. The lowest BCUT2D eigenvalue weighted by Crippen LogP contribution is -2.33. The second-order valence-electron chi connectivity index (χ2n) is 8.22. The third kappa shape index (κ3) is 6.43. The number of hydrogen-bond acceptors (Lipinski definition) is 8. The third-order valence-corrected chi connectivity index (χ3v) is 5.97. The highest BCUT2D eigenvalue weighted by Crippen LogP contribution is 2.27. The van der Waals surface area contributed by atoms with E-state index < -0.39 is 39.9 Å². The summed E-state index contributed by atoms with van der Waals surface area (Å²) in [6.07, 6.45) is -0.211. The Hall–Kier alpha value is -3.16. The number of aliphatic carboxylic acids is 1. The number of carboxylic acid groups (broad SMARTS) is 1. The molecular formula is C20H25N5O7S. The number of nitrogens with one attached hydrogen (secondary N) is 1. The van der Waals surface area contributed by atoms with E-state index >= 15 is 0 Å². The molecular weight excluding hydrogens is 454 g/mol. The number of sulfonamides is 1. The van der Waals surface area contributed by atoms with Crippen molar-refractivity contribution in [1.82, 2.24) is 20.3 Å². The summed E-state index contributed by atoms with van der Waals surface area (Å²) in [5, 5.41) is 24.7. The van der Waals surface area contributed by atoms with Crippen molar-refractivity contribution >= 4 is 27.7 Å². The predicted molar refractivity (Wildman–Crippen MR) is 113 cm³/mol. The molecule has 1 aliphatic heterocycles. The number of nitrogens with two attached hydrogens (primary N) is 1. The average Bonchev–Trinajstić information content (AvgIpc) is 3.42. The van der Waals surface area contributed by atoms with E-state index in [0.29, 0.717) is 17.8 Å². The summed E-state index contributed by atoms with van der Waals surface area (Å²) >= 11 is 0. The number of aromatic nitrogens is 3. The fourth-order valence-corrected chi connectivity index (χ4v) is 3.89. The maximum Gasteiger partial charge on any atom is 0.336 e. The molecule has 2 heterocycles. The van der Waals surface area contributed by atoms with Gasteiger partial charge in [0, 0.05) is 12.3 Å². The van der Waals surface area contributed by atoms with Gasteiger partial charge in [-0.2, -0.15) is 0 Å². The van der Waals surface area contributed by atoms with Crippen LogP contribution >= 0.6 is 0 Å². The van der Waals surface area contributed by atoms with Crippen LogP contribution < -0.4 is 10.5 Å². The molecule has 178 valence electrons. The molecule has 1 fully saturated rings. The molecule has 12 nitrogen and oxygen atoms in total. The van der Waals surface area contributed by atoms with Gasteiger partial charge in [-0.1, -0.05) is 19.1 Å². The molecule has 1 amide bonds. The molecule has 0 saturated carbocycles. The zero-order valence-corrected chi connectivity index (χ0v) is 18.9. The van der Waals surface area contributed by atoms with Crippen molar-refractivity contribution in [2.75, 3.05) is 0 Å². The lowest BCUT2D eigenvalue weighted by atomic mass is 9.90. The molecule has 0 aliphatic carbocycles. The number of carbonyl (C=O) groups excluding carboxylic acids is 2. The molecule has 1 aliphatic rings. The van der Waals surface area contributed by atoms with Gasteiger partial charge in [0.05, 0.1) is 23.3 Å². The predicted octanol–water partition coefficient (Wildman–Crippen LogP) is 0.00440. The summed E-state index contributed by atoms with van der Waals surface area (Å²) in [5.74, 6) is -2.43. The van der Waals surface area contributed by atoms with Crippen LogP contribution in [0.1, 0.15) is 32.4 Å². The lowest BCUT2D eigenvalue weighted by molar-refractivity contribution is -0.138. The third-order valence-electron chi connectivity index (χ3n) is 5.04. The minimum Gasteiger partial charge on any atom is -0.479 e. The Morgan fingerprint density at radius 1 is 1.21 bits per heavy atom. The number of carboxylic acids is 1. The Morgan fingerprint density at radius 3 is 2.42 bits per heavy atom. The van der Waals surface area contributed by atoms with Crippen LogP contribution in [0, 0.1) is 11.8 Å². The molecule has 4 N–H and O–H groups in total. The van der Waals surface area contributed by atoms with Crippen LogP contribution in [-0.2, 0) is 35.7 Å². The molecule has 0 bridgehead atoms. The summed E-state index contributed by atoms with van der Waals surface area (Å²) in [5.41, 5.74) is 0.998. The molecule has 0 radical (unpaired) electrons. The number of Topliss-reactive ketones (excluding diaryl/α,β-unsaturated/α-hetero) is 1. The Balaban J connectivity index is 1.59. The first-order chi connectivity index (χ1) is 15.5. The van der Waals surface area contributed by atoms with Gasteiger partial charge in [0.1, 0.15) is 5.69 Å². The van der Waals surface area contributed by atoms with Gasteiger partial charge in [-0.15, -0.1) is 5.10 Å². The number of rotatable bonds is 11. The van der Waals surface area contributed by atoms with E-state index in [0.717, 1.165) is 0 Å². The largest absolute Gasteiger partial charge is 0.479 e. The number of benzene rings is 1. The number of hydrogen-bond donors (Lipinski definition) is 3. The van der Waals surface area contributed by atoms with Crippen LogP contribution in [0.4, 0.5) is 0 Å². The molecule has 0 spiro atoms. The van der Waals surface area contributed by atoms with Crippen molar-refractivity contribution in [2.45, 2.75) is 50.3 Å². The molecule has 1 saturated heterocycles. The Kier molecular flexibility index (Phi) is 7.25. The van der Waals surface area contributed by atoms with E-state index in [4.69, 9.17) is 15.0 Å². The monoisotopic (exact) mass is 479 g/mol. The van der Waals surface area contributed by atoms with Gasteiger partial charge >= 0.3 is 5.97 Å². The van der Waals surface area contributed by atoms with Crippen LogP contribution in [0.5, 0.6) is 0 Å². The number of epoxide rings is 1. The number of amides is 1. The van der Waals surface area contributed by atoms with Crippen molar-refractivity contribution in [2.24, 2.45) is 17.0 Å². The van der Waals surface area contributed by atoms with Gasteiger partial charge < -0.3 is 15.2 Å². The van der Waals surface area contributed by atoms with E-state index in [-0.39, 0.29) is 29.7 Å². The molecule has 1 aromatic heterocycles. The molecule has 3 rings (SSSR count). The quantitative estimate of drug-likeness (QED) is 0.373. The molecule has 3 atom stereocenters. The van der Waals surface area contributed by atoms with E-state index in [1.165, 1.54) is 28.9 Å². The second-order valence-corrected chi connectivity index (χ2v) is 9.79. The first kappa shape index (κ1) is 24.5. The number of ketones is 1. The molecule has 0 unspecified atom stereocenters. The maximum absolute atomic E-state index is 12.7. The number of ether oxygens (including phenoxy) is 1. The standard InChI is InChI=1S/C20H25N5O7S/c1-11(2)7-12(8-16(26)17-18(32-17)20(28)29)19(27)22-9-13-10-25(24-23-13)14-3-5-15(6-4-14)33(21,30)31/h3-6,10-12,17-18H,7-9H2,1-2H3,(H,22,27)(H,28,29)(H2,21,30,31)/t12-,17-,18+/m1/s1. The Morgan fingerprint density at radius 2 is 1.88 bits per heavy atom. The lowest BCUT2D eigenvalue weighted by Gasteiger charge is -2.17. The summed E-state index contributed by atoms with van der Waals surface area (Å²) in [6.45, 7) is 3.91. The number of primary sulfonamides is 1. The van der Waals surface area contributed by atoms with Crippen molar-refractivity contribution in [3.05, 3.63) is 36.2 Å². The first-order valence-electron chi connectivity index (χ1n) is 10.2. The van der Waals surface area contributed by atoms with Gasteiger partial charge in [-0.05, 0) is 36.6 Å². The SMILES string of the molecule is CC(C)C[C@H](CC(=O)[C@H]1O[C@@H]1C(=O)O)C(=O)NCc1cn(-c2ccc(S(N)(=O)=O)cc2)nn1. The summed E-state index contributed by atoms with van der Waals surface area (Å²) < 4.78 is 29.0. The van der Waals surface area contributed by atoms with Gasteiger partial charge in [-0.3, -0.25) is 9.59 Å². The minimum absolute atomic E-state index is 0.0316. The van der Waals surface area contributed by atoms with Crippen LogP contribution in [0.25, 0.3) is 5.69 Å². The normalized spacial score (nSPS) is 18.7. The van der Waals surface area contributed by atoms with Crippen molar-refractivity contribution in [3.8, 4) is 5.69 Å². The highest BCUT2D eigenvalue weighted by molar-refractivity contribution is 7.89. The fraction of sp³-hybridized carbons (Fsp3) is 0.450. The number of carbonyl (C=O) groups is 3. The minimum atomic E-state index is -3.80. The number of nitrogens with zero attached hydrogens (tertiary/aromatic N) is 3. The first-order valence-corrected chi connectivity index (χ1v) is 11.7. The summed E-state index contributed by atoms with van der Waals surface area (Å²) in [4.78, 5) is 35.9. The topological polar surface area (TPSA) is 187 Å². The molecule has 1 aromatic carbocycles. The van der Waals surface area contributed by atoms with Crippen molar-refractivity contribution in [3.63, 3.8) is 0 Å². The Labute approximate surface area is 190 Å². The van der Waals surface area contributed by atoms with Crippen LogP contribution in [0.3, 0.4) is 0 Å². The van der Waals surface area contributed by atoms with Crippen LogP contribution in [0.15, 0.2) is 35.4 Å². The van der Waals surface area contributed by atoms with Gasteiger partial charge in [-0.25, -0.2) is 23.0 Å². The molecule has 33 heavy (non-hydrogen) atoms. The second kappa shape index (κ2) is 9.77. The van der Waals surface area contributed by atoms with Crippen LogP contribution in [-0.4, -0.2) is 58.4 Å². The smallest absolute Gasteiger partial charge is 0.336 e. The zero-order valence-electron chi connectivity index (χ0n) is 18.0. The van der Waals surface area contributed by atoms with Crippen molar-refractivity contribution < 1.29 is 32.6 Å². The van der Waals surface area contributed by atoms with E-state index in [2.05, 4.69) is 15.6 Å². The van der Waals surface area contributed by atoms with Crippen molar-refractivity contribution in [1.29, 1.82) is 0 Å². The zero-order chi connectivity index (χ0) is 24.3. The van der Waals surface area contributed by atoms with Gasteiger partial charge in [0.2, 0.25) is 15.9 Å². The highest BCUT2D eigenvalue weighted by atomic mass is 32.2. The Bertz CT molecular complexity index is 1140. The van der Waals surface area contributed by atoms with E-state index in [1.807, 2.05) is 13.8 Å². The molecule has 2 aromatic rings. The average molecular weight is 480 g/mol. The summed E-state index contributed by atoms with van der Waals surface area (Å²) in [7, 11) is -3.80. The van der Waals surface area contributed by atoms with Crippen LogP contribution in [0.2, 0.25) is 0 Å². The van der Waals surface area contributed by atoms with E-state index in [9.17, 15) is 22.8 Å². The van der Waals surface area contributed by atoms with Gasteiger partial charge in [0.25, 0.3) is 0 Å². The molecule has 13 heteroatoms. The fourth-order valence-electron chi connectivity index (χ4n) is 3.37. The van der Waals surface area contributed by atoms with E-state index in [1.54, 1.807) is 6.20 Å². The maximum atomic E-state index is 12.7. The highest BCUT2D eigenvalue weighted by Gasteiger charge is 2.50. The van der Waals surface area contributed by atoms with Gasteiger partial charge in [0.15, 0.2) is 18.0 Å².